The number of hydrogen-bond acceptors (Lipinski definition) is 4. The number of anilines is 1. The van der Waals surface area contributed by atoms with Crippen LogP contribution in [0.25, 0.3) is 5.69 Å². The average molecular weight is 344 g/mol. The fourth-order valence-corrected chi connectivity index (χ4v) is 3.57. The first-order valence-electron chi connectivity index (χ1n) is 5.78. The van der Waals surface area contributed by atoms with Gasteiger partial charge in [0, 0.05) is 6.20 Å². The van der Waals surface area contributed by atoms with E-state index in [9.17, 15) is 8.42 Å². The molecule has 5 nitrogen and oxygen atoms in total. The van der Waals surface area contributed by atoms with Crippen LogP contribution in [0.4, 0.5) is 5.82 Å². The number of nitrogen functional groups attached to an aromatic ring is 1. The standard InChI is InChI=1S/C12H14BrN3O2S/c1-2-7-19(17,18)11-6-4-3-5-10(11)16-8-9(13)12(14)15-16/h3-6,8H,2,7H2,1H3,(H2,14,15). The molecule has 0 saturated carbocycles. The van der Waals surface area contributed by atoms with E-state index in [1.54, 1.807) is 30.5 Å². The van der Waals surface area contributed by atoms with Crippen molar-refractivity contribution in [3.63, 3.8) is 0 Å². The van der Waals surface area contributed by atoms with Crippen LogP contribution in [0.5, 0.6) is 0 Å². The quantitative estimate of drug-likeness (QED) is 0.924. The van der Waals surface area contributed by atoms with Crippen molar-refractivity contribution in [3.8, 4) is 5.69 Å². The molecule has 0 aliphatic heterocycles. The van der Waals surface area contributed by atoms with Gasteiger partial charge in [-0.15, -0.1) is 5.10 Å². The summed E-state index contributed by atoms with van der Waals surface area (Å²) in [6, 6.07) is 6.77. The Morgan fingerprint density at radius 3 is 2.63 bits per heavy atom. The number of nitrogens with zero attached hydrogens (tertiary/aromatic N) is 2. The smallest absolute Gasteiger partial charge is 0.180 e. The number of aromatic nitrogens is 2. The fourth-order valence-electron chi connectivity index (χ4n) is 1.78. The maximum absolute atomic E-state index is 12.2. The van der Waals surface area contributed by atoms with Crippen molar-refractivity contribution in [1.82, 2.24) is 9.78 Å². The van der Waals surface area contributed by atoms with Crippen LogP contribution in [-0.2, 0) is 9.84 Å². The number of rotatable bonds is 4. The van der Waals surface area contributed by atoms with E-state index in [0.717, 1.165) is 0 Å². The normalized spacial score (nSPS) is 11.7. The van der Waals surface area contributed by atoms with Crippen LogP contribution in [0.3, 0.4) is 0 Å². The van der Waals surface area contributed by atoms with Crippen LogP contribution in [0, 0.1) is 0 Å². The van der Waals surface area contributed by atoms with Crippen molar-refractivity contribution in [2.45, 2.75) is 18.2 Å². The second-order valence-electron chi connectivity index (χ2n) is 4.09. The van der Waals surface area contributed by atoms with Crippen LogP contribution >= 0.6 is 15.9 Å². The molecule has 2 N–H and O–H groups in total. The third kappa shape index (κ3) is 2.82. The highest BCUT2D eigenvalue weighted by Gasteiger charge is 2.19. The molecule has 0 unspecified atom stereocenters. The molecule has 2 rings (SSSR count). The second-order valence-corrected chi connectivity index (χ2v) is 7.03. The van der Waals surface area contributed by atoms with E-state index in [0.29, 0.717) is 22.4 Å². The van der Waals surface area contributed by atoms with Crippen molar-refractivity contribution in [2.75, 3.05) is 11.5 Å². The van der Waals surface area contributed by atoms with E-state index in [4.69, 9.17) is 5.73 Å². The van der Waals surface area contributed by atoms with E-state index in [2.05, 4.69) is 21.0 Å². The number of hydrogen-bond donors (Lipinski definition) is 1. The van der Waals surface area contributed by atoms with Crippen molar-refractivity contribution in [2.24, 2.45) is 0 Å². The van der Waals surface area contributed by atoms with E-state index >= 15 is 0 Å². The summed E-state index contributed by atoms with van der Waals surface area (Å²) in [5.74, 6) is 0.435. The molecule has 0 aliphatic carbocycles. The van der Waals surface area contributed by atoms with Gasteiger partial charge in [0.15, 0.2) is 15.7 Å². The van der Waals surface area contributed by atoms with Gasteiger partial charge < -0.3 is 5.73 Å². The number of nitrogens with two attached hydrogens (primary N) is 1. The van der Waals surface area contributed by atoms with Crippen molar-refractivity contribution < 1.29 is 8.42 Å². The minimum absolute atomic E-state index is 0.113. The average Bonchev–Trinajstić information content (AvgIpc) is 2.69. The zero-order valence-corrected chi connectivity index (χ0v) is 12.8. The van der Waals surface area contributed by atoms with Crippen LogP contribution in [0.1, 0.15) is 13.3 Å². The van der Waals surface area contributed by atoms with Crippen molar-refractivity contribution >= 4 is 31.6 Å². The van der Waals surface area contributed by atoms with Gasteiger partial charge in [0.05, 0.1) is 20.8 Å². The summed E-state index contributed by atoms with van der Waals surface area (Å²) in [6.45, 7) is 1.84. The Kier molecular flexibility index (Phi) is 3.96. The molecule has 1 aromatic carbocycles. The Balaban J connectivity index is 2.59. The van der Waals surface area contributed by atoms with Gasteiger partial charge in [0.1, 0.15) is 0 Å². The largest absolute Gasteiger partial charge is 0.381 e. The first kappa shape index (κ1) is 14.1. The van der Waals surface area contributed by atoms with E-state index in [-0.39, 0.29) is 10.6 Å². The highest BCUT2D eigenvalue weighted by Crippen LogP contribution is 2.25. The van der Waals surface area contributed by atoms with Gasteiger partial charge in [-0.3, -0.25) is 0 Å². The van der Waals surface area contributed by atoms with Crippen LogP contribution in [0.2, 0.25) is 0 Å². The second kappa shape index (κ2) is 5.34. The Labute approximate surface area is 120 Å². The third-order valence-electron chi connectivity index (χ3n) is 2.62. The molecule has 19 heavy (non-hydrogen) atoms. The van der Waals surface area contributed by atoms with Crippen LogP contribution in [0.15, 0.2) is 39.8 Å². The van der Waals surface area contributed by atoms with E-state index in [1.165, 1.54) is 4.68 Å². The van der Waals surface area contributed by atoms with Crippen LogP contribution < -0.4 is 5.73 Å². The summed E-state index contributed by atoms with van der Waals surface area (Å²) in [5.41, 5.74) is 6.18. The summed E-state index contributed by atoms with van der Waals surface area (Å²) < 4.78 is 26.6. The van der Waals surface area contributed by atoms with Gasteiger partial charge in [-0.05, 0) is 34.5 Å². The van der Waals surface area contributed by atoms with Gasteiger partial charge in [-0.25, -0.2) is 13.1 Å². The predicted octanol–water partition coefficient (Wildman–Crippen LogP) is 2.40. The number of halogens is 1. The Hall–Kier alpha value is -1.34. The predicted molar refractivity (Wildman–Crippen MR) is 78.0 cm³/mol. The number of para-hydroxylation sites is 1. The molecule has 0 spiro atoms. The van der Waals surface area contributed by atoms with E-state index in [1.807, 2.05) is 6.92 Å². The molecule has 0 saturated heterocycles. The molecule has 0 aliphatic rings. The molecule has 0 amide bonds. The molecule has 0 radical (unpaired) electrons. The summed E-state index contributed by atoms with van der Waals surface area (Å²) in [4.78, 5) is 0.270. The third-order valence-corrected chi connectivity index (χ3v) is 5.19. The SMILES string of the molecule is CCCS(=O)(=O)c1ccccc1-n1cc(Br)c(N)n1. The molecule has 1 aromatic heterocycles. The summed E-state index contributed by atoms with van der Waals surface area (Å²) in [7, 11) is -3.31. The molecule has 0 bridgehead atoms. The minimum Gasteiger partial charge on any atom is -0.381 e. The first-order valence-corrected chi connectivity index (χ1v) is 8.23. The monoisotopic (exact) mass is 343 g/mol. The minimum atomic E-state index is -3.31. The van der Waals surface area contributed by atoms with Gasteiger partial charge in [0.25, 0.3) is 0 Å². The van der Waals surface area contributed by atoms with Crippen molar-refractivity contribution in [3.05, 3.63) is 34.9 Å². The lowest BCUT2D eigenvalue weighted by Crippen LogP contribution is -2.10. The molecular weight excluding hydrogens is 330 g/mol. The molecule has 2 aromatic rings. The molecule has 102 valence electrons. The Bertz CT molecular complexity index is 675. The summed E-state index contributed by atoms with van der Waals surface area (Å²) >= 11 is 3.26. The molecule has 0 atom stereocenters. The Morgan fingerprint density at radius 2 is 2.05 bits per heavy atom. The topological polar surface area (TPSA) is 78.0 Å². The zero-order chi connectivity index (χ0) is 14.0. The number of benzene rings is 1. The molecular formula is C12H14BrN3O2S. The highest BCUT2D eigenvalue weighted by atomic mass is 79.9. The molecule has 1 heterocycles. The number of sulfone groups is 1. The van der Waals surface area contributed by atoms with E-state index < -0.39 is 9.84 Å². The molecule has 7 heteroatoms. The lowest BCUT2D eigenvalue weighted by molar-refractivity contribution is 0.593. The maximum Gasteiger partial charge on any atom is 0.180 e. The first-order chi connectivity index (χ1) is 8.95. The maximum atomic E-state index is 12.2. The Morgan fingerprint density at radius 1 is 1.37 bits per heavy atom. The van der Waals surface area contributed by atoms with Crippen molar-refractivity contribution in [1.29, 1.82) is 0 Å². The van der Waals surface area contributed by atoms with Crippen LogP contribution in [-0.4, -0.2) is 24.0 Å². The lowest BCUT2D eigenvalue weighted by Gasteiger charge is -2.09. The zero-order valence-electron chi connectivity index (χ0n) is 10.4. The van der Waals surface area contributed by atoms with Gasteiger partial charge >= 0.3 is 0 Å². The van der Waals surface area contributed by atoms with Gasteiger partial charge in [-0.1, -0.05) is 19.1 Å². The summed E-state index contributed by atoms with van der Waals surface area (Å²) in [5, 5.41) is 4.10. The fraction of sp³-hybridized carbons (Fsp3) is 0.250. The van der Waals surface area contributed by atoms with Gasteiger partial charge in [0.2, 0.25) is 0 Å². The summed E-state index contributed by atoms with van der Waals surface area (Å²) in [6.07, 6.45) is 2.22. The lowest BCUT2D eigenvalue weighted by atomic mass is 10.3. The highest BCUT2D eigenvalue weighted by molar-refractivity contribution is 9.10. The molecule has 0 fully saturated rings. The van der Waals surface area contributed by atoms with Gasteiger partial charge in [-0.2, -0.15) is 0 Å².